The van der Waals surface area contributed by atoms with Crippen molar-refractivity contribution in [2.45, 2.75) is 25.2 Å². The third-order valence-corrected chi connectivity index (χ3v) is 2.70. The van der Waals surface area contributed by atoms with Crippen LogP contribution in [0, 0.1) is 0 Å². The van der Waals surface area contributed by atoms with E-state index >= 15 is 0 Å². The lowest BCUT2D eigenvalue weighted by Crippen LogP contribution is -2.13. The Labute approximate surface area is 77.8 Å². The zero-order valence-corrected chi connectivity index (χ0v) is 7.49. The van der Waals surface area contributed by atoms with Gasteiger partial charge in [-0.3, -0.25) is 4.79 Å². The molecule has 68 valence electrons. The summed E-state index contributed by atoms with van der Waals surface area (Å²) in [5.74, 6) is 0.176. The Kier molecular flexibility index (Phi) is 2.05. The van der Waals surface area contributed by atoms with E-state index in [1.54, 1.807) is 0 Å². The minimum atomic E-state index is -0.193. The summed E-state index contributed by atoms with van der Waals surface area (Å²) < 4.78 is 0. The highest BCUT2D eigenvalue weighted by atomic mass is 16.1. The fourth-order valence-corrected chi connectivity index (χ4v) is 2.10. The number of aryl methyl sites for hydroxylation is 1. The highest BCUT2D eigenvalue weighted by Crippen LogP contribution is 2.34. The minimum absolute atomic E-state index is 0.193. The molecule has 1 aliphatic carbocycles. The molecule has 2 heteroatoms. The summed E-state index contributed by atoms with van der Waals surface area (Å²) in [7, 11) is 0. The molecule has 0 radical (unpaired) electrons. The van der Waals surface area contributed by atoms with E-state index in [0.29, 0.717) is 12.3 Å². The number of carbonyl (C=O) groups is 1. The van der Waals surface area contributed by atoms with Crippen molar-refractivity contribution in [3.63, 3.8) is 0 Å². The molecule has 2 N–H and O–H groups in total. The highest BCUT2D eigenvalue weighted by Gasteiger charge is 2.22. The van der Waals surface area contributed by atoms with Crippen molar-refractivity contribution in [2.24, 2.45) is 5.73 Å². The molecule has 0 saturated heterocycles. The van der Waals surface area contributed by atoms with Crippen LogP contribution in [0.25, 0.3) is 0 Å². The lowest BCUT2D eigenvalue weighted by Gasteiger charge is -2.07. The van der Waals surface area contributed by atoms with Crippen molar-refractivity contribution in [3.05, 3.63) is 35.4 Å². The summed E-state index contributed by atoms with van der Waals surface area (Å²) in [6.45, 7) is 0. The minimum Gasteiger partial charge on any atom is -0.370 e. The maximum absolute atomic E-state index is 10.8. The summed E-state index contributed by atoms with van der Waals surface area (Å²) in [6, 6.07) is 8.32. The van der Waals surface area contributed by atoms with Gasteiger partial charge in [0.1, 0.15) is 0 Å². The standard InChI is InChI=1S/C11H13NO/c12-11(13)7-9-6-5-8-3-1-2-4-10(8)9/h1-4,9H,5-7H2,(H2,12,13)/t9-/m1/s1. The number of rotatable bonds is 2. The second kappa shape index (κ2) is 3.21. The topological polar surface area (TPSA) is 43.1 Å². The predicted molar refractivity (Wildman–Crippen MR) is 51.3 cm³/mol. The molecular formula is C11H13NO. The fraction of sp³-hybridized carbons (Fsp3) is 0.364. The van der Waals surface area contributed by atoms with Crippen LogP contribution in [-0.2, 0) is 11.2 Å². The second-order valence-electron chi connectivity index (χ2n) is 3.60. The van der Waals surface area contributed by atoms with Gasteiger partial charge in [0.05, 0.1) is 0 Å². The largest absolute Gasteiger partial charge is 0.370 e. The van der Waals surface area contributed by atoms with Crippen LogP contribution in [0.5, 0.6) is 0 Å². The molecule has 0 aliphatic heterocycles. The van der Waals surface area contributed by atoms with E-state index in [2.05, 4.69) is 12.1 Å². The smallest absolute Gasteiger partial charge is 0.218 e. The molecule has 0 bridgehead atoms. The number of carbonyl (C=O) groups excluding carboxylic acids is 1. The zero-order chi connectivity index (χ0) is 9.26. The first kappa shape index (κ1) is 8.30. The summed E-state index contributed by atoms with van der Waals surface area (Å²) in [5.41, 5.74) is 7.89. The van der Waals surface area contributed by atoms with E-state index in [4.69, 9.17) is 5.73 Å². The fourth-order valence-electron chi connectivity index (χ4n) is 2.10. The second-order valence-corrected chi connectivity index (χ2v) is 3.60. The molecular weight excluding hydrogens is 162 g/mol. The number of nitrogens with two attached hydrogens (primary N) is 1. The molecule has 0 fully saturated rings. The molecule has 1 atom stereocenters. The molecule has 13 heavy (non-hydrogen) atoms. The lowest BCUT2D eigenvalue weighted by atomic mass is 9.98. The van der Waals surface area contributed by atoms with Crippen molar-refractivity contribution in [2.75, 3.05) is 0 Å². The number of amides is 1. The van der Waals surface area contributed by atoms with Crippen LogP contribution < -0.4 is 5.73 Å². The van der Waals surface area contributed by atoms with Gasteiger partial charge in [0.2, 0.25) is 5.91 Å². The predicted octanol–water partition coefficient (Wildman–Crippen LogP) is 1.59. The Morgan fingerprint density at radius 2 is 2.23 bits per heavy atom. The van der Waals surface area contributed by atoms with Gasteiger partial charge in [-0.2, -0.15) is 0 Å². The van der Waals surface area contributed by atoms with Crippen LogP contribution in [0.15, 0.2) is 24.3 Å². The molecule has 1 aliphatic rings. The van der Waals surface area contributed by atoms with E-state index in [-0.39, 0.29) is 5.91 Å². The molecule has 0 saturated carbocycles. The van der Waals surface area contributed by atoms with Crippen molar-refractivity contribution < 1.29 is 4.79 Å². The van der Waals surface area contributed by atoms with Crippen molar-refractivity contribution in [1.29, 1.82) is 0 Å². The Morgan fingerprint density at radius 1 is 1.46 bits per heavy atom. The molecule has 0 heterocycles. The molecule has 2 rings (SSSR count). The lowest BCUT2D eigenvalue weighted by molar-refractivity contribution is -0.118. The Bertz CT molecular complexity index is 333. The third-order valence-electron chi connectivity index (χ3n) is 2.70. The number of fused-ring (bicyclic) bond motifs is 1. The number of primary amides is 1. The van der Waals surface area contributed by atoms with Gasteiger partial charge in [-0.15, -0.1) is 0 Å². The van der Waals surface area contributed by atoms with Crippen molar-refractivity contribution in [3.8, 4) is 0 Å². The van der Waals surface area contributed by atoms with Gasteiger partial charge < -0.3 is 5.73 Å². The molecule has 0 spiro atoms. The Hall–Kier alpha value is -1.31. The number of hydrogen-bond acceptors (Lipinski definition) is 1. The molecule has 1 aromatic rings. The SMILES string of the molecule is NC(=O)C[C@H]1CCc2ccccc21. The highest BCUT2D eigenvalue weighted by molar-refractivity contribution is 5.75. The molecule has 0 unspecified atom stereocenters. The van der Waals surface area contributed by atoms with Gasteiger partial charge in [0.15, 0.2) is 0 Å². The molecule has 1 amide bonds. The Balaban J connectivity index is 2.23. The number of hydrogen-bond donors (Lipinski definition) is 1. The summed E-state index contributed by atoms with van der Waals surface area (Å²) in [6.07, 6.45) is 2.66. The Morgan fingerprint density at radius 3 is 3.00 bits per heavy atom. The maximum Gasteiger partial charge on any atom is 0.218 e. The first-order valence-electron chi connectivity index (χ1n) is 4.63. The van der Waals surface area contributed by atoms with E-state index in [1.165, 1.54) is 11.1 Å². The summed E-state index contributed by atoms with van der Waals surface area (Å²) >= 11 is 0. The van der Waals surface area contributed by atoms with Crippen LogP contribution in [0.4, 0.5) is 0 Å². The van der Waals surface area contributed by atoms with E-state index in [0.717, 1.165) is 12.8 Å². The monoisotopic (exact) mass is 175 g/mol. The van der Waals surface area contributed by atoms with Crippen LogP contribution in [0.3, 0.4) is 0 Å². The molecule has 1 aromatic carbocycles. The average molecular weight is 175 g/mol. The van der Waals surface area contributed by atoms with E-state index in [9.17, 15) is 4.79 Å². The summed E-state index contributed by atoms with van der Waals surface area (Å²) in [5, 5.41) is 0. The number of benzene rings is 1. The maximum atomic E-state index is 10.8. The quantitative estimate of drug-likeness (QED) is 0.728. The zero-order valence-electron chi connectivity index (χ0n) is 7.49. The van der Waals surface area contributed by atoms with Gasteiger partial charge in [0, 0.05) is 6.42 Å². The van der Waals surface area contributed by atoms with Gasteiger partial charge in [-0.1, -0.05) is 24.3 Å². The average Bonchev–Trinajstić information content (AvgIpc) is 2.48. The van der Waals surface area contributed by atoms with Crippen LogP contribution in [-0.4, -0.2) is 5.91 Å². The van der Waals surface area contributed by atoms with Gasteiger partial charge in [-0.05, 0) is 29.9 Å². The molecule has 0 aromatic heterocycles. The normalized spacial score (nSPS) is 19.8. The van der Waals surface area contributed by atoms with Crippen LogP contribution in [0.2, 0.25) is 0 Å². The van der Waals surface area contributed by atoms with Crippen molar-refractivity contribution >= 4 is 5.91 Å². The van der Waals surface area contributed by atoms with Gasteiger partial charge in [-0.25, -0.2) is 0 Å². The van der Waals surface area contributed by atoms with Crippen molar-refractivity contribution in [1.82, 2.24) is 0 Å². The van der Waals surface area contributed by atoms with Gasteiger partial charge in [0.25, 0.3) is 0 Å². The van der Waals surface area contributed by atoms with Crippen LogP contribution >= 0.6 is 0 Å². The first-order valence-corrected chi connectivity index (χ1v) is 4.63. The first-order chi connectivity index (χ1) is 6.27. The van der Waals surface area contributed by atoms with E-state index in [1.807, 2.05) is 12.1 Å². The van der Waals surface area contributed by atoms with E-state index < -0.39 is 0 Å². The summed E-state index contributed by atoms with van der Waals surface area (Å²) in [4.78, 5) is 10.8. The molecule has 2 nitrogen and oxygen atoms in total. The third kappa shape index (κ3) is 1.57. The van der Waals surface area contributed by atoms with Gasteiger partial charge >= 0.3 is 0 Å². The van der Waals surface area contributed by atoms with Crippen LogP contribution in [0.1, 0.15) is 29.9 Å².